The van der Waals surface area contributed by atoms with E-state index >= 15 is 0 Å². The van der Waals surface area contributed by atoms with Gasteiger partial charge in [0.1, 0.15) is 5.82 Å². The van der Waals surface area contributed by atoms with Crippen molar-refractivity contribution in [3.63, 3.8) is 0 Å². The van der Waals surface area contributed by atoms with Crippen LogP contribution >= 0.6 is 11.3 Å². The van der Waals surface area contributed by atoms with Crippen LogP contribution in [0.1, 0.15) is 22.7 Å². The lowest BCUT2D eigenvalue weighted by Gasteiger charge is -2.12. The summed E-state index contributed by atoms with van der Waals surface area (Å²) in [5, 5.41) is 3.37. The van der Waals surface area contributed by atoms with Gasteiger partial charge >= 0.3 is 0 Å². The summed E-state index contributed by atoms with van der Waals surface area (Å²) in [4.78, 5) is 6.94. The predicted molar refractivity (Wildman–Crippen MR) is 65.3 cm³/mol. The Hall–Kier alpha value is -1.35. The summed E-state index contributed by atoms with van der Waals surface area (Å²) < 4.78 is 0. The second-order valence-corrected chi connectivity index (χ2v) is 4.85. The van der Waals surface area contributed by atoms with Gasteiger partial charge in [-0.1, -0.05) is 6.07 Å². The van der Waals surface area contributed by atoms with E-state index in [0.29, 0.717) is 6.04 Å². The second-order valence-electron chi connectivity index (χ2n) is 3.53. The molecule has 2 rings (SSSR count). The van der Waals surface area contributed by atoms with Crippen LogP contribution < -0.4 is 5.32 Å². The van der Waals surface area contributed by atoms with Gasteiger partial charge in [0.2, 0.25) is 0 Å². The molecule has 0 fully saturated rings. The maximum atomic E-state index is 4.24. The molecule has 0 saturated carbocycles. The van der Waals surface area contributed by atoms with Gasteiger partial charge in [0.25, 0.3) is 0 Å². The van der Waals surface area contributed by atoms with Crippen molar-refractivity contribution in [2.24, 2.45) is 0 Å². The number of hydrogen-bond donors (Lipinski definition) is 1. The number of pyridine rings is 1. The highest BCUT2D eigenvalue weighted by Gasteiger charge is 2.07. The van der Waals surface area contributed by atoms with E-state index in [1.165, 1.54) is 9.75 Å². The molecular weight excluding hydrogens is 204 g/mol. The molecule has 15 heavy (non-hydrogen) atoms. The lowest BCUT2D eigenvalue weighted by atomic mass is 10.2. The maximum Gasteiger partial charge on any atom is 0.126 e. The molecule has 0 aliphatic carbocycles. The molecule has 0 radical (unpaired) electrons. The van der Waals surface area contributed by atoms with Gasteiger partial charge < -0.3 is 5.32 Å². The first-order valence-electron chi connectivity index (χ1n) is 4.99. The Morgan fingerprint density at radius 1 is 1.27 bits per heavy atom. The van der Waals surface area contributed by atoms with E-state index in [2.05, 4.69) is 36.3 Å². The third-order valence-electron chi connectivity index (χ3n) is 2.22. The summed E-state index contributed by atoms with van der Waals surface area (Å²) in [6.45, 7) is 4.28. The third-order valence-corrected chi connectivity index (χ3v) is 3.40. The number of nitrogens with zero attached hydrogens (tertiary/aromatic N) is 1. The monoisotopic (exact) mass is 218 g/mol. The van der Waals surface area contributed by atoms with Crippen molar-refractivity contribution in [2.45, 2.75) is 19.9 Å². The molecule has 1 unspecified atom stereocenters. The van der Waals surface area contributed by atoms with Crippen molar-refractivity contribution in [3.05, 3.63) is 46.3 Å². The van der Waals surface area contributed by atoms with E-state index in [0.717, 1.165) is 5.82 Å². The van der Waals surface area contributed by atoms with E-state index in [-0.39, 0.29) is 0 Å². The van der Waals surface area contributed by atoms with E-state index in [9.17, 15) is 0 Å². The summed E-state index contributed by atoms with van der Waals surface area (Å²) in [5.41, 5.74) is 0. The van der Waals surface area contributed by atoms with Crippen LogP contribution in [0, 0.1) is 6.92 Å². The summed E-state index contributed by atoms with van der Waals surface area (Å²) in [7, 11) is 0. The van der Waals surface area contributed by atoms with Crippen LogP contribution in [0.2, 0.25) is 0 Å². The van der Waals surface area contributed by atoms with E-state index in [4.69, 9.17) is 0 Å². The minimum absolute atomic E-state index is 0.318. The molecule has 0 spiro atoms. The van der Waals surface area contributed by atoms with E-state index < -0.39 is 0 Å². The minimum Gasteiger partial charge on any atom is -0.363 e. The van der Waals surface area contributed by atoms with Gasteiger partial charge in [0.15, 0.2) is 0 Å². The molecule has 2 heterocycles. The van der Waals surface area contributed by atoms with Crippen LogP contribution in [0.5, 0.6) is 0 Å². The number of thiophene rings is 1. The van der Waals surface area contributed by atoms with Gasteiger partial charge in [-0.15, -0.1) is 11.3 Å². The van der Waals surface area contributed by atoms with Gasteiger partial charge in [-0.2, -0.15) is 0 Å². The van der Waals surface area contributed by atoms with Gasteiger partial charge in [0.05, 0.1) is 6.04 Å². The number of anilines is 1. The van der Waals surface area contributed by atoms with Gasteiger partial charge in [-0.25, -0.2) is 4.98 Å². The highest BCUT2D eigenvalue weighted by atomic mass is 32.1. The Morgan fingerprint density at radius 3 is 2.73 bits per heavy atom. The lowest BCUT2D eigenvalue weighted by Crippen LogP contribution is -2.05. The van der Waals surface area contributed by atoms with Crippen LogP contribution in [-0.2, 0) is 0 Å². The Bertz CT molecular complexity index is 422. The SMILES string of the molecule is Cc1ccc(C(C)Nc2ccccn2)s1. The molecule has 0 aliphatic heterocycles. The van der Waals surface area contributed by atoms with Gasteiger partial charge in [0, 0.05) is 16.0 Å². The summed E-state index contributed by atoms with van der Waals surface area (Å²) in [6, 6.07) is 10.5. The summed E-state index contributed by atoms with van der Waals surface area (Å²) >= 11 is 1.82. The zero-order chi connectivity index (χ0) is 10.7. The standard InChI is InChI=1S/C12H14N2S/c1-9-6-7-11(15-9)10(2)14-12-5-3-4-8-13-12/h3-8,10H,1-2H3,(H,13,14). The van der Waals surface area contributed by atoms with Crippen LogP contribution in [0.4, 0.5) is 5.82 Å². The van der Waals surface area contributed by atoms with Crippen molar-refractivity contribution in [2.75, 3.05) is 5.32 Å². The second kappa shape index (κ2) is 4.45. The first-order valence-corrected chi connectivity index (χ1v) is 5.81. The molecule has 1 atom stereocenters. The quantitative estimate of drug-likeness (QED) is 0.851. The molecule has 2 nitrogen and oxygen atoms in total. The molecule has 0 amide bonds. The molecule has 3 heteroatoms. The molecular formula is C12H14N2S. The molecule has 0 aromatic carbocycles. The normalized spacial score (nSPS) is 12.4. The molecule has 0 aliphatic rings. The van der Waals surface area contributed by atoms with Crippen molar-refractivity contribution in [1.29, 1.82) is 0 Å². The fourth-order valence-electron chi connectivity index (χ4n) is 1.43. The van der Waals surface area contributed by atoms with Crippen LogP contribution in [0.15, 0.2) is 36.5 Å². The van der Waals surface area contributed by atoms with Crippen molar-refractivity contribution < 1.29 is 0 Å². The average Bonchev–Trinajstić information content (AvgIpc) is 2.66. The molecule has 1 N–H and O–H groups in total. The Kier molecular flexibility index (Phi) is 3.02. The highest BCUT2D eigenvalue weighted by molar-refractivity contribution is 7.12. The number of aromatic nitrogens is 1. The van der Waals surface area contributed by atoms with Crippen molar-refractivity contribution >= 4 is 17.2 Å². The minimum atomic E-state index is 0.318. The van der Waals surface area contributed by atoms with Gasteiger partial charge in [-0.3, -0.25) is 0 Å². The third kappa shape index (κ3) is 2.57. The first kappa shape index (κ1) is 10.2. The van der Waals surface area contributed by atoms with Crippen LogP contribution in [0.3, 0.4) is 0 Å². The number of rotatable bonds is 3. The fraction of sp³-hybridized carbons (Fsp3) is 0.250. The first-order chi connectivity index (χ1) is 7.25. The van der Waals surface area contributed by atoms with Crippen molar-refractivity contribution in [1.82, 2.24) is 4.98 Å². The number of aryl methyl sites for hydroxylation is 1. The molecule has 0 saturated heterocycles. The van der Waals surface area contributed by atoms with Crippen LogP contribution in [0.25, 0.3) is 0 Å². The zero-order valence-corrected chi connectivity index (χ0v) is 9.71. The highest BCUT2D eigenvalue weighted by Crippen LogP contribution is 2.24. The van der Waals surface area contributed by atoms with E-state index in [1.54, 1.807) is 6.20 Å². The molecule has 78 valence electrons. The number of hydrogen-bond acceptors (Lipinski definition) is 3. The molecule has 2 aromatic rings. The fourth-order valence-corrected chi connectivity index (χ4v) is 2.31. The number of nitrogens with one attached hydrogen (secondary N) is 1. The van der Waals surface area contributed by atoms with E-state index in [1.807, 2.05) is 29.5 Å². The van der Waals surface area contributed by atoms with Gasteiger partial charge in [-0.05, 0) is 38.1 Å². The maximum absolute atomic E-state index is 4.24. The lowest BCUT2D eigenvalue weighted by molar-refractivity contribution is 0.896. The Balaban J connectivity index is 2.07. The predicted octanol–water partition coefficient (Wildman–Crippen LogP) is 3.62. The topological polar surface area (TPSA) is 24.9 Å². The Labute approximate surface area is 94.0 Å². The summed E-state index contributed by atoms with van der Waals surface area (Å²) in [5.74, 6) is 0.927. The molecule has 0 bridgehead atoms. The smallest absolute Gasteiger partial charge is 0.126 e. The Morgan fingerprint density at radius 2 is 2.13 bits per heavy atom. The summed E-state index contributed by atoms with van der Waals surface area (Å²) in [6.07, 6.45) is 1.80. The zero-order valence-electron chi connectivity index (χ0n) is 8.90. The van der Waals surface area contributed by atoms with Crippen LogP contribution in [-0.4, -0.2) is 4.98 Å². The average molecular weight is 218 g/mol. The van der Waals surface area contributed by atoms with Crippen molar-refractivity contribution in [3.8, 4) is 0 Å². The molecule has 2 aromatic heterocycles. The largest absolute Gasteiger partial charge is 0.363 e.